The molecule has 0 radical (unpaired) electrons. The molecule has 1 saturated heterocycles. The quantitative estimate of drug-likeness (QED) is 0.849. The van der Waals surface area contributed by atoms with E-state index >= 15 is 0 Å². The standard InChI is InChI=1S/C21H26N4O2/c1-16(26)25-12-10-24(11-13-25)15-18-4-8-20(9-5-18)23-21(27)19-6-2-17(14-22)3-7-19/h2-9H,10-15,22H2,1H3,(H,23,27). The molecule has 1 aliphatic heterocycles. The molecule has 0 spiro atoms. The first-order valence-corrected chi connectivity index (χ1v) is 9.22. The zero-order chi connectivity index (χ0) is 19.2. The summed E-state index contributed by atoms with van der Waals surface area (Å²) in [6.45, 7) is 6.27. The van der Waals surface area contributed by atoms with Gasteiger partial charge in [0.15, 0.2) is 0 Å². The predicted octanol–water partition coefficient (Wildman–Crippen LogP) is 2.06. The molecule has 0 aliphatic carbocycles. The lowest BCUT2D eigenvalue weighted by molar-refractivity contribution is -0.130. The second-order valence-electron chi connectivity index (χ2n) is 6.83. The molecule has 0 saturated carbocycles. The van der Waals surface area contributed by atoms with Crippen molar-refractivity contribution in [3.63, 3.8) is 0 Å². The number of nitrogens with one attached hydrogen (secondary N) is 1. The number of benzene rings is 2. The number of anilines is 1. The smallest absolute Gasteiger partial charge is 0.255 e. The van der Waals surface area contributed by atoms with Crippen molar-refractivity contribution < 1.29 is 9.59 Å². The van der Waals surface area contributed by atoms with Gasteiger partial charge in [0.2, 0.25) is 5.91 Å². The molecule has 1 heterocycles. The molecule has 6 heteroatoms. The Morgan fingerprint density at radius 3 is 2.07 bits per heavy atom. The molecule has 0 aromatic heterocycles. The summed E-state index contributed by atoms with van der Waals surface area (Å²) in [5, 5.41) is 2.92. The molecule has 3 N–H and O–H groups in total. The molecular weight excluding hydrogens is 340 g/mol. The molecule has 1 aliphatic rings. The minimum Gasteiger partial charge on any atom is -0.340 e. The van der Waals surface area contributed by atoms with E-state index in [4.69, 9.17) is 5.73 Å². The molecule has 3 rings (SSSR count). The van der Waals surface area contributed by atoms with Gasteiger partial charge in [0.05, 0.1) is 0 Å². The molecule has 0 bridgehead atoms. The van der Waals surface area contributed by atoms with Gasteiger partial charge in [-0.2, -0.15) is 0 Å². The molecule has 2 amide bonds. The average Bonchev–Trinajstić information content (AvgIpc) is 2.70. The van der Waals surface area contributed by atoms with Crippen LogP contribution >= 0.6 is 0 Å². The zero-order valence-electron chi connectivity index (χ0n) is 15.6. The van der Waals surface area contributed by atoms with Crippen molar-refractivity contribution in [3.05, 3.63) is 65.2 Å². The van der Waals surface area contributed by atoms with E-state index < -0.39 is 0 Å². The summed E-state index contributed by atoms with van der Waals surface area (Å²) in [5.41, 5.74) is 9.15. The van der Waals surface area contributed by atoms with Crippen LogP contribution in [0.2, 0.25) is 0 Å². The Morgan fingerprint density at radius 2 is 1.52 bits per heavy atom. The van der Waals surface area contributed by atoms with Crippen molar-refractivity contribution in [1.82, 2.24) is 9.80 Å². The van der Waals surface area contributed by atoms with Crippen molar-refractivity contribution in [2.45, 2.75) is 20.0 Å². The first kappa shape index (κ1) is 19.1. The van der Waals surface area contributed by atoms with Gasteiger partial charge in [-0.1, -0.05) is 24.3 Å². The van der Waals surface area contributed by atoms with E-state index in [9.17, 15) is 9.59 Å². The number of carbonyl (C=O) groups excluding carboxylic acids is 2. The minimum atomic E-state index is -0.133. The van der Waals surface area contributed by atoms with E-state index in [1.165, 1.54) is 5.56 Å². The van der Waals surface area contributed by atoms with Crippen LogP contribution < -0.4 is 11.1 Å². The molecule has 27 heavy (non-hydrogen) atoms. The Balaban J connectivity index is 1.52. The normalized spacial score (nSPS) is 14.8. The van der Waals surface area contributed by atoms with Gasteiger partial charge in [-0.15, -0.1) is 0 Å². The highest BCUT2D eigenvalue weighted by Crippen LogP contribution is 2.14. The second-order valence-corrected chi connectivity index (χ2v) is 6.83. The third kappa shape index (κ3) is 5.15. The lowest BCUT2D eigenvalue weighted by Crippen LogP contribution is -2.47. The van der Waals surface area contributed by atoms with E-state index in [0.717, 1.165) is 44.0 Å². The van der Waals surface area contributed by atoms with Crippen LogP contribution in [0.3, 0.4) is 0 Å². The highest BCUT2D eigenvalue weighted by Gasteiger charge is 2.18. The van der Waals surface area contributed by atoms with E-state index in [0.29, 0.717) is 12.1 Å². The molecule has 0 unspecified atom stereocenters. The summed E-state index contributed by atoms with van der Waals surface area (Å²) >= 11 is 0. The molecule has 2 aromatic rings. The Bertz CT molecular complexity index is 779. The fourth-order valence-electron chi connectivity index (χ4n) is 3.17. The summed E-state index contributed by atoms with van der Waals surface area (Å²) in [6.07, 6.45) is 0. The number of rotatable bonds is 5. The predicted molar refractivity (Wildman–Crippen MR) is 106 cm³/mol. The number of carbonyl (C=O) groups is 2. The van der Waals surface area contributed by atoms with Gasteiger partial charge in [-0.3, -0.25) is 14.5 Å². The van der Waals surface area contributed by atoms with Crippen molar-refractivity contribution >= 4 is 17.5 Å². The maximum Gasteiger partial charge on any atom is 0.255 e. The Hall–Kier alpha value is -2.70. The molecule has 6 nitrogen and oxygen atoms in total. The third-order valence-corrected chi connectivity index (χ3v) is 4.89. The zero-order valence-corrected chi connectivity index (χ0v) is 15.6. The van der Waals surface area contributed by atoms with Crippen molar-refractivity contribution in [2.75, 3.05) is 31.5 Å². The van der Waals surface area contributed by atoms with Crippen LogP contribution in [0.4, 0.5) is 5.69 Å². The van der Waals surface area contributed by atoms with Gasteiger partial charge >= 0.3 is 0 Å². The monoisotopic (exact) mass is 366 g/mol. The lowest BCUT2D eigenvalue weighted by atomic mass is 10.1. The largest absolute Gasteiger partial charge is 0.340 e. The average molecular weight is 366 g/mol. The number of nitrogens with zero attached hydrogens (tertiary/aromatic N) is 2. The van der Waals surface area contributed by atoms with Crippen molar-refractivity contribution in [1.29, 1.82) is 0 Å². The number of hydrogen-bond donors (Lipinski definition) is 2. The van der Waals surface area contributed by atoms with E-state index in [1.807, 2.05) is 41.3 Å². The van der Waals surface area contributed by atoms with E-state index in [1.54, 1.807) is 19.1 Å². The Kier molecular flexibility index (Phi) is 6.21. The van der Waals surface area contributed by atoms with Gasteiger partial charge < -0.3 is 16.0 Å². The summed E-state index contributed by atoms with van der Waals surface area (Å²) in [4.78, 5) is 27.9. The summed E-state index contributed by atoms with van der Waals surface area (Å²) in [5.74, 6) is 0.0130. The lowest BCUT2D eigenvalue weighted by Gasteiger charge is -2.34. The van der Waals surface area contributed by atoms with Crippen LogP contribution in [0.5, 0.6) is 0 Å². The maximum atomic E-state index is 12.3. The molecule has 2 aromatic carbocycles. The minimum absolute atomic E-state index is 0.133. The number of nitrogens with two attached hydrogens (primary N) is 1. The first-order chi connectivity index (χ1) is 13.0. The highest BCUT2D eigenvalue weighted by molar-refractivity contribution is 6.04. The third-order valence-electron chi connectivity index (χ3n) is 4.89. The fourth-order valence-corrected chi connectivity index (χ4v) is 3.17. The van der Waals surface area contributed by atoms with E-state index in [2.05, 4.69) is 10.2 Å². The van der Waals surface area contributed by atoms with Crippen LogP contribution in [0.25, 0.3) is 0 Å². The number of amides is 2. The fraction of sp³-hybridized carbons (Fsp3) is 0.333. The van der Waals surface area contributed by atoms with Crippen LogP contribution in [0.1, 0.15) is 28.4 Å². The van der Waals surface area contributed by atoms with Gasteiger partial charge in [0.25, 0.3) is 5.91 Å². The summed E-state index contributed by atoms with van der Waals surface area (Å²) in [7, 11) is 0. The van der Waals surface area contributed by atoms with Gasteiger partial charge in [0, 0.05) is 57.4 Å². The van der Waals surface area contributed by atoms with Gasteiger partial charge in [-0.25, -0.2) is 0 Å². The molecule has 0 atom stereocenters. The van der Waals surface area contributed by atoms with E-state index in [-0.39, 0.29) is 11.8 Å². The van der Waals surface area contributed by atoms with Crippen LogP contribution in [-0.2, 0) is 17.9 Å². The molecule has 1 fully saturated rings. The van der Waals surface area contributed by atoms with Gasteiger partial charge in [-0.05, 0) is 35.4 Å². The Morgan fingerprint density at radius 1 is 0.926 bits per heavy atom. The van der Waals surface area contributed by atoms with Crippen molar-refractivity contribution in [3.8, 4) is 0 Å². The number of piperazine rings is 1. The molecular formula is C21H26N4O2. The second kappa shape index (κ2) is 8.79. The SMILES string of the molecule is CC(=O)N1CCN(Cc2ccc(NC(=O)c3ccc(CN)cc3)cc2)CC1. The molecule has 142 valence electrons. The van der Waals surface area contributed by atoms with Crippen LogP contribution in [0, 0.1) is 0 Å². The van der Waals surface area contributed by atoms with Gasteiger partial charge in [0.1, 0.15) is 0 Å². The van der Waals surface area contributed by atoms with Crippen LogP contribution in [0.15, 0.2) is 48.5 Å². The maximum absolute atomic E-state index is 12.3. The number of hydrogen-bond acceptors (Lipinski definition) is 4. The topological polar surface area (TPSA) is 78.7 Å². The van der Waals surface area contributed by atoms with Crippen molar-refractivity contribution in [2.24, 2.45) is 5.73 Å². The summed E-state index contributed by atoms with van der Waals surface area (Å²) < 4.78 is 0. The highest BCUT2D eigenvalue weighted by atomic mass is 16.2. The first-order valence-electron chi connectivity index (χ1n) is 9.22. The Labute approximate surface area is 159 Å². The van der Waals surface area contributed by atoms with Crippen LogP contribution in [-0.4, -0.2) is 47.8 Å². The summed E-state index contributed by atoms with van der Waals surface area (Å²) in [6, 6.07) is 15.2.